The quantitative estimate of drug-likeness (QED) is 0.706. The molecule has 21 heavy (non-hydrogen) atoms. The fourth-order valence-corrected chi connectivity index (χ4v) is 2.57. The molecular formula is C17H15ClN2O. The molecule has 3 rings (SSSR count). The lowest BCUT2D eigenvalue weighted by Crippen LogP contribution is -2.03. The van der Waals surface area contributed by atoms with Gasteiger partial charge in [-0.15, -0.1) is 0 Å². The van der Waals surface area contributed by atoms with E-state index in [2.05, 4.69) is 4.98 Å². The third kappa shape index (κ3) is 2.71. The van der Waals surface area contributed by atoms with E-state index in [-0.39, 0.29) is 0 Å². The number of aliphatic hydroxyl groups excluding tert-OH is 1. The van der Waals surface area contributed by atoms with Crippen molar-refractivity contribution in [3.63, 3.8) is 0 Å². The van der Waals surface area contributed by atoms with E-state index in [0.29, 0.717) is 16.3 Å². The number of nitrogens with two attached hydrogens (primary N) is 1. The number of hydrogen-bond donors (Lipinski definition) is 2. The number of aryl methyl sites for hydroxylation is 1. The Morgan fingerprint density at radius 2 is 1.90 bits per heavy atom. The normalized spacial score (nSPS) is 12.5. The first-order chi connectivity index (χ1) is 10.0. The van der Waals surface area contributed by atoms with Crippen molar-refractivity contribution >= 4 is 28.2 Å². The van der Waals surface area contributed by atoms with Gasteiger partial charge >= 0.3 is 0 Å². The van der Waals surface area contributed by atoms with Crippen LogP contribution in [0.1, 0.15) is 22.9 Å². The molecule has 0 bridgehead atoms. The Labute approximate surface area is 128 Å². The van der Waals surface area contributed by atoms with Crippen molar-refractivity contribution in [1.29, 1.82) is 0 Å². The number of fused-ring (bicyclic) bond motifs is 1. The number of anilines is 1. The van der Waals surface area contributed by atoms with Gasteiger partial charge in [0.05, 0.1) is 5.52 Å². The number of halogens is 1. The first-order valence-corrected chi connectivity index (χ1v) is 7.03. The average molecular weight is 299 g/mol. The lowest BCUT2D eigenvalue weighted by atomic mass is 9.98. The van der Waals surface area contributed by atoms with Gasteiger partial charge in [0, 0.05) is 27.4 Å². The van der Waals surface area contributed by atoms with E-state index in [9.17, 15) is 5.11 Å². The van der Waals surface area contributed by atoms with Gasteiger partial charge in [-0.2, -0.15) is 0 Å². The van der Waals surface area contributed by atoms with E-state index >= 15 is 0 Å². The summed E-state index contributed by atoms with van der Waals surface area (Å²) in [6.45, 7) is 1.95. The monoisotopic (exact) mass is 298 g/mol. The van der Waals surface area contributed by atoms with Crippen molar-refractivity contribution in [2.45, 2.75) is 13.0 Å². The van der Waals surface area contributed by atoms with E-state index in [1.165, 1.54) is 0 Å². The number of rotatable bonds is 2. The van der Waals surface area contributed by atoms with Gasteiger partial charge in [-0.3, -0.25) is 4.98 Å². The van der Waals surface area contributed by atoms with Gasteiger partial charge in [0.2, 0.25) is 0 Å². The van der Waals surface area contributed by atoms with E-state index in [4.69, 9.17) is 17.3 Å². The minimum Gasteiger partial charge on any atom is -0.398 e. The number of nitrogen functional groups attached to an aromatic ring is 1. The SMILES string of the molecule is Cc1ccc2cc(C(O)c3ccc(Cl)cc3N)ccc2n1. The molecule has 3 N–H and O–H groups in total. The summed E-state index contributed by atoms with van der Waals surface area (Å²) in [5.41, 5.74) is 9.73. The second kappa shape index (κ2) is 5.35. The first kappa shape index (κ1) is 13.9. The van der Waals surface area contributed by atoms with E-state index in [0.717, 1.165) is 22.2 Å². The van der Waals surface area contributed by atoms with Crippen LogP contribution in [0.15, 0.2) is 48.5 Å². The van der Waals surface area contributed by atoms with Gasteiger partial charge in [-0.1, -0.05) is 29.8 Å². The van der Waals surface area contributed by atoms with Crippen LogP contribution in [0.5, 0.6) is 0 Å². The Kier molecular flexibility index (Phi) is 3.53. The molecule has 1 atom stereocenters. The topological polar surface area (TPSA) is 59.1 Å². The molecule has 0 aliphatic heterocycles. The zero-order chi connectivity index (χ0) is 15.0. The standard InChI is InChI=1S/C17H15ClN2O/c1-10-2-3-11-8-12(4-7-16(11)20-10)17(21)14-6-5-13(18)9-15(14)19/h2-9,17,21H,19H2,1H3. The average Bonchev–Trinajstić information content (AvgIpc) is 2.46. The molecular weight excluding hydrogens is 284 g/mol. The lowest BCUT2D eigenvalue weighted by molar-refractivity contribution is 0.221. The zero-order valence-electron chi connectivity index (χ0n) is 11.5. The summed E-state index contributed by atoms with van der Waals surface area (Å²) in [6.07, 6.45) is -0.784. The van der Waals surface area contributed by atoms with Crippen LogP contribution in [-0.2, 0) is 0 Å². The van der Waals surface area contributed by atoms with Gasteiger partial charge < -0.3 is 10.8 Å². The number of aromatic nitrogens is 1. The van der Waals surface area contributed by atoms with Gasteiger partial charge in [0.25, 0.3) is 0 Å². The van der Waals surface area contributed by atoms with Crippen LogP contribution >= 0.6 is 11.6 Å². The second-order valence-corrected chi connectivity index (χ2v) is 5.52. The van der Waals surface area contributed by atoms with Crippen molar-refractivity contribution in [2.75, 3.05) is 5.73 Å². The van der Waals surface area contributed by atoms with E-state index < -0.39 is 6.10 Å². The van der Waals surface area contributed by atoms with Gasteiger partial charge in [0.15, 0.2) is 0 Å². The Morgan fingerprint density at radius 1 is 1.10 bits per heavy atom. The Morgan fingerprint density at radius 3 is 2.67 bits per heavy atom. The number of benzene rings is 2. The highest BCUT2D eigenvalue weighted by Crippen LogP contribution is 2.30. The highest BCUT2D eigenvalue weighted by molar-refractivity contribution is 6.30. The van der Waals surface area contributed by atoms with Crippen molar-refractivity contribution < 1.29 is 5.11 Å². The number of pyridine rings is 1. The molecule has 106 valence electrons. The van der Waals surface area contributed by atoms with Crippen LogP contribution in [0.3, 0.4) is 0 Å². The Bertz CT molecular complexity index is 817. The largest absolute Gasteiger partial charge is 0.398 e. The van der Waals surface area contributed by atoms with Gasteiger partial charge in [-0.05, 0) is 42.8 Å². The molecule has 1 aromatic heterocycles. The maximum Gasteiger partial charge on any atom is 0.106 e. The fourth-order valence-electron chi connectivity index (χ4n) is 2.39. The summed E-state index contributed by atoms with van der Waals surface area (Å²) >= 11 is 5.89. The number of hydrogen-bond acceptors (Lipinski definition) is 3. The molecule has 0 saturated heterocycles. The van der Waals surface area contributed by atoms with Crippen molar-refractivity contribution in [3.8, 4) is 0 Å². The molecule has 0 fully saturated rings. The van der Waals surface area contributed by atoms with Crippen molar-refractivity contribution in [3.05, 3.63) is 70.4 Å². The molecule has 0 aliphatic carbocycles. The molecule has 4 heteroatoms. The zero-order valence-corrected chi connectivity index (χ0v) is 12.3. The highest BCUT2D eigenvalue weighted by atomic mass is 35.5. The van der Waals surface area contributed by atoms with Crippen LogP contribution in [0.2, 0.25) is 5.02 Å². The molecule has 0 saturated carbocycles. The van der Waals surface area contributed by atoms with Crippen LogP contribution in [0.25, 0.3) is 10.9 Å². The predicted molar refractivity (Wildman–Crippen MR) is 86.4 cm³/mol. The summed E-state index contributed by atoms with van der Waals surface area (Å²) in [5, 5.41) is 12.1. The number of aliphatic hydroxyl groups is 1. The van der Waals surface area contributed by atoms with Crippen LogP contribution < -0.4 is 5.73 Å². The fraction of sp³-hybridized carbons (Fsp3) is 0.118. The molecule has 1 heterocycles. The van der Waals surface area contributed by atoms with Gasteiger partial charge in [0.1, 0.15) is 6.10 Å². The molecule has 2 aromatic carbocycles. The number of nitrogens with zero attached hydrogens (tertiary/aromatic N) is 1. The first-order valence-electron chi connectivity index (χ1n) is 6.65. The van der Waals surface area contributed by atoms with Crippen molar-refractivity contribution in [1.82, 2.24) is 4.98 Å². The molecule has 0 spiro atoms. The Balaban J connectivity index is 2.04. The summed E-state index contributed by atoms with van der Waals surface area (Å²) in [4.78, 5) is 4.45. The molecule has 0 amide bonds. The second-order valence-electron chi connectivity index (χ2n) is 5.08. The van der Waals surface area contributed by atoms with Crippen LogP contribution in [-0.4, -0.2) is 10.1 Å². The van der Waals surface area contributed by atoms with Gasteiger partial charge in [-0.25, -0.2) is 0 Å². The molecule has 0 aliphatic rings. The Hall–Kier alpha value is -2.10. The molecule has 3 nitrogen and oxygen atoms in total. The van der Waals surface area contributed by atoms with E-state index in [1.807, 2.05) is 37.3 Å². The highest BCUT2D eigenvalue weighted by Gasteiger charge is 2.14. The maximum atomic E-state index is 10.5. The summed E-state index contributed by atoms with van der Waals surface area (Å²) < 4.78 is 0. The van der Waals surface area contributed by atoms with Crippen LogP contribution in [0, 0.1) is 6.92 Å². The maximum absolute atomic E-state index is 10.5. The lowest BCUT2D eigenvalue weighted by Gasteiger charge is -2.15. The molecule has 1 unspecified atom stereocenters. The summed E-state index contributed by atoms with van der Waals surface area (Å²) in [7, 11) is 0. The minimum absolute atomic E-state index is 0.483. The molecule has 3 aromatic rings. The predicted octanol–water partition coefficient (Wildman–Crippen LogP) is 3.86. The van der Waals surface area contributed by atoms with Crippen LogP contribution in [0.4, 0.5) is 5.69 Å². The minimum atomic E-state index is -0.784. The van der Waals surface area contributed by atoms with E-state index in [1.54, 1.807) is 18.2 Å². The third-order valence-corrected chi connectivity index (χ3v) is 3.75. The molecule has 0 radical (unpaired) electrons. The summed E-state index contributed by atoms with van der Waals surface area (Å²) in [6, 6.07) is 14.8. The third-order valence-electron chi connectivity index (χ3n) is 3.51. The van der Waals surface area contributed by atoms with Crippen molar-refractivity contribution in [2.24, 2.45) is 0 Å². The summed E-state index contributed by atoms with van der Waals surface area (Å²) in [5.74, 6) is 0. The smallest absolute Gasteiger partial charge is 0.106 e.